The van der Waals surface area contributed by atoms with Gasteiger partial charge in [0.15, 0.2) is 5.82 Å². The zero-order chi connectivity index (χ0) is 19.2. The van der Waals surface area contributed by atoms with Gasteiger partial charge in [0.2, 0.25) is 0 Å². The van der Waals surface area contributed by atoms with Crippen LogP contribution in [0.3, 0.4) is 0 Å². The number of H-pyrrole nitrogens is 1. The highest BCUT2D eigenvalue weighted by molar-refractivity contribution is 6.24. The van der Waals surface area contributed by atoms with Crippen LogP contribution < -0.4 is 5.73 Å². The average Bonchev–Trinajstić information content (AvgIpc) is 3.10. The topological polar surface area (TPSA) is 105 Å². The molecule has 0 fully saturated rings. The van der Waals surface area contributed by atoms with Crippen molar-refractivity contribution in [1.29, 1.82) is 5.41 Å². The highest BCUT2D eigenvalue weighted by atomic mass is 19.3. The van der Waals surface area contributed by atoms with E-state index in [4.69, 9.17) is 15.7 Å². The number of hydrogen-bond donors (Lipinski definition) is 3. The van der Waals surface area contributed by atoms with E-state index in [0.717, 1.165) is 11.1 Å². The van der Waals surface area contributed by atoms with Gasteiger partial charge in [0, 0.05) is 28.1 Å². The molecule has 0 unspecified atom stereocenters. The molecule has 0 aliphatic carbocycles. The van der Waals surface area contributed by atoms with Crippen molar-refractivity contribution in [3.05, 3.63) is 40.7 Å². The lowest BCUT2D eigenvalue weighted by Crippen LogP contribution is -2.05. The molecule has 6 nitrogen and oxygen atoms in total. The second kappa shape index (κ2) is 6.36. The number of aryl methyl sites for hydroxylation is 2. The summed E-state index contributed by atoms with van der Waals surface area (Å²) >= 11 is 0. The lowest BCUT2D eigenvalue weighted by molar-refractivity contribution is 0.142. The second-order valence-electron chi connectivity index (χ2n) is 6.22. The number of aromatic nitrogens is 3. The molecule has 4 N–H and O–H groups in total. The fourth-order valence-electron chi connectivity index (χ4n) is 3.18. The molecule has 0 aliphatic heterocycles. The summed E-state index contributed by atoms with van der Waals surface area (Å²) in [5.41, 5.74) is 10.6. The number of rotatable bonds is 4. The number of aromatic amines is 1. The third-order valence-electron chi connectivity index (χ3n) is 4.17. The third-order valence-corrected chi connectivity index (χ3v) is 4.17. The van der Waals surface area contributed by atoms with Crippen LogP contribution in [0.5, 0.6) is 0 Å². The van der Waals surface area contributed by atoms with Crippen LogP contribution in [0.4, 0.5) is 8.78 Å². The fourth-order valence-corrected chi connectivity index (χ4v) is 3.18. The molecule has 2 heterocycles. The Kier molecular flexibility index (Phi) is 4.35. The Balaban J connectivity index is 2.41. The van der Waals surface area contributed by atoms with Crippen molar-refractivity contribution in [2.45, 2.75) is 34.1 Å². The van der Waals surface area contributed by atoms with Crippen molar-refractivity contribution >= 4 is 22.3 Å². The molecule has 2 aromatic heterocycles. The number of nitrogens with one attached hydrogen (secondary N) is 2. The van der Waals surface area contributed by atoms with Crippen molar-refractivity contribution < 1.29 is 13.3 Å². The third kappa shape index (κ3) is 2.87. The van der Waals surface area contributed by atoms with Crippen molar-refractivity contribution in [2.24, 2.45) is 5.73 Å². The van der Waals surface area contributed by atoms with Crippen LogP contribution in [0, 0.1) is 19.3 Å². The van der Waals surface area contributed by atoms with E-state index in [-0.39, 0.29) is 5.71 Å². The zero-order valence-corrected chi connectivity index (χ0v) is 14.9. The molecule has 3 rings (SSSR count). The van der Waals surface area contributed by atoms with Gasteiger partial charge in [0.1, 0.15) is 5.76 Å². The van der Waals surface area contributed by atoms with E-state index in [1.165, 1.54) is 0 Å². The molecule has 0 amide bonds. The first kappa shape index (κ1) is 17.8. The Labute approximate surface area is 148 Å². The molecule has 0 spiro atoms. The van der Waals surface area contributed by atoms with Crippen molar-refractivity contribution in [1.82, 2.24) is 15.1 Å². The molecular formula is C18H19F2N5O. The molecule has 8 heteroatoms. The molecule has 0 aliphatic rings. The van der Waals surface area contributed by atoms with E-state index in [0.29, 0.717) is 39.3 Å². The summed E-state index contributed by atoms with van der Waals surface area (Å²) < 4.78 is 31.5. The first-order valence-electron chi connectivity index (χ1n) is 7.98. The fraction of sp³-hybridized carbons (Fsp3) is 0.278. The number of imidazole rings is 1. The largest absolute Gasteiger partial charge is 0.402 e. The van der Waals surface area contributed by atoms with E-state index in [1.807, 2.05) is 0 Å². The highest BCUT2D eigenvalue weighted by Crippen LogP contribution is 2.35. The van der Waals surface area contributed by atoms with E-state index in [9.17, 15) is 8.78 Å². The molecule has 1 aromatic carbocycles. The molecule has 0 bridgehead atoms. The summed E-state index contributed by atoms with van der Waals surface area (Å²) in [4.78, 5) is 6.70. The number of alkyl halides is 2. The van der Waals surface area contributed by atoms with Gasteiger partial charge in [-0.1, -0.05) is 5.16 Å². The van der Waals surface area contributed by atoms with E-state index in [2.05, 4.69) is 15.1 Å². The lowest BCUT2D eigenvalue weighted by Gasteiger charge is -2.12. The van der Waals surface area contributed by atoms with Gasteiger partial charge in [-0.25, -0.2) is 13.8 Å². The van der Waals surface area contributed by atoms with Crippen LogP contribution in [-0.2, 0) is 0 Å². The first-order chi connectivity index (χ1) is 12.2. The van der Waals surface area contributed by atoms with Crippen LogP contribution in [-0.4, -0.2) is 20.8 Å². The number of allylic oxidation sites excluding steroid dienone is 2. The molecule has 136 valence electrons. The van der Waals surface area contributed by atoms with Gasteiger partial charge in [-0.15, -0.1) is 0 Å². The maximum Gasteiger partial charge on any atom is 0.295 e. The van der Waals surface area contributed by atoms with E-state index in [1.54, 1.807) is 39.8 Å². The Hall–Kier alpha value is -3.03. The number of fused-ring (bicyclic) bond motifs is 1. The Bertz CT molecular complexity index is 1020. The molecule has 0 saturated heterocycles. The van der Waals surface area contributed by atoms with Gasteiger partial charge in [0.05, 0.1) is 16.7 Å². The number of hydrogen-bond acceptors (Lipinski definition) is 5. The number of nitrogens with zero attached hydrogens (tertiary/aromatic N) is 2. The van der Waals surface area contributed by atoms with Crippen LogP contribution >= 0.6 is 0 Å². The number of nitrogens with two attached hydrogens (primary N) is 1. The molecule has 0 atom stereocenters. The van der Waals surface area contributed by atoms with Crippen molar-refractivity contribution in [3.63, 3.8) is 0 Å². The average molecular weight is 359 g/mol. The normalized spacial score (nSPS) is 12.7. The van der Waals surface area contributed by atoms with Gasteiger partial charge in [-0.05, 0) is 45.4 Å². The summed E-state index contributed by atoms with van der Waals surface area (Å²) in [5.74, 6) is 0.191. The summed E-state index contributed by atoms with van der Waals surface area (Å²) in [5, 5.41) is 12.0. The zero-order valence-electron chi connectivity index (χ0n) is 14.9. The van der Waals surface area contributed by atoms with Gasteiger partial charge in [-0.2, -0.15) is 0 Å². The van der Waals surface area contributed by atoms with Crippen LogP contribution in [0.25, 0.3) is 27.7 Å². The van der Waals surface area contributed by atoms with Crippen LogP contribution in [0.2, 0.25) is 0 Å². The van der Waals surface area contributed by atoms with Gasteiger partial charge < -0.3 is 20.7 Å². The summed E-state index contributed by atoms with van der Waals surface area (Å²) in [7, 11) is 0. The van der Waals surface area contributed by atoms with E-state index < -0.39 is 12.2 Å². The maximum atomic E-state index is 13.2. The summed E-state index contributed by atoms with van der Waals surface area (Å²) in [6.07, 6.45) is -2.73. The predicted octanol–water partition coefficient (Wildman–Crippen LogP) is 4.50. The first-order valence-corrected chi connectivity index (χ1v) is 7.98. The second-order valence-corrected chi connectivity index (χ2v) is 6.22. The highest BCUT2D eigenvalue weighted by Gasteiger charge is 2.21. The predicted molar refractivity (Wildman–Crippen MR) is 96.2 cm³/mol. The van der Waals surface area contributed by atoms with E-state index >= 15 is 0 Å². The van der Waals surface area contributed by atoms with Crippen LogP contribution in [0.15, 0.2) is 22.4 Å². The number of halogens is 2. The van der Waals surface area contributed by atoms with Gasteiger partial charge in [-0.3, -0.25) is 0 Å². The molecule has 0 radical (unpaired) electrons. The monoisotopic (exact) mass is 359 g/mol. The molecule has 0 saturated carbocycles. The Morgan fingerprint density at radius 1 is 1.27 bits per heavy atom. The standard InChI is InChI=1S/C18H19F2N5O/c1-7(21)14(8(2)22)12-5-11(15-9(3)25-26-10(15)4)6-13-16(12)24-18(23-13)17(19)20/h5-6,17,21H,22H2,1-4H3,(H,23,24). The molecule has 3 aromatic rings. The maximum absolute atomic E-state index is 13.2. The SMILES string of the molecule is CC(=N)C(=C(C)N)c1cc(-c2c(C)noc2C)cc2[nH]c(C(F)F)nc12. The Morgan fingerprint density at radius 2 is 1.96 bits per heavy atom. The molecule has 26 heavy (non-hydrogen) atoms. The minimum atomic E-state index is -2.73. The quantitative estimate of drug-likeness (QED) is 0.596. The minimum absolute atomic E-state index is 0.226. The van der Waals surface area contributed by atoms with Gasteiger partial charge >= 0.3 is 0 Å². The Morgan fingerprint density at radius 3 is 2.46 bits per heavy atom. The minimum Gasteiger partial charge on any atom is -0.402 e. The summed E-state index contributed by atoms with van der Waals surface area (Å²) in [6, 6.07) is 3.52. The van der Waals surface area contributed by atoms with Gasteiger partial charge in [0.25, 0.3) is 6.43 Å². The molecular weight excluding hydrogens is 340 g/mol. The van der Waals surface area contributed by atoms with Crippen LogP contribution in [0.1, 0.15) is 43.1 Å². The number of benzene rings is 1. The lowest BCUT2D eigenvalue weighted by atomic mass is 9.94. The smallest absolute Gasteiger partial charge is 0.295 e. The van der Waals surface area contributed by atoms with Crippen molar-refractivity contribution in [3.8, 4) is 11.1 Å². The summed E-state index contributed by atoms with van der Waals surface area (Å²) in [6.45, 7) is 6.85. The van der Waals surface area contributed by atoms with Crippen molar-refractivity contribution in [2.75, 3.05) is 0 Å².